The number of benzene rings is 2. The number of nitrogens with zero attached hydrogens (tertiary/aromatic N) is 1. The summed E-state index contributed by atoms with van der Waals surface area (Å²) in [6.45, 7) is 0.609. The lowest BCUT2D eigenvalue weighted by Crippen LogP contribution is -2.53. The Kier molecular flexibility index (Phi) is 6.77. The second kappa shape index (κ2) is 9.27. The molecule has 4 rings (SSSR count). The monoisotopic (exact) mass is 534 g/mol. The van der Waals surface area contributed by atoms with E-state index in [1.54, 1.807) is 12.1 Å². The van der Waals surface area contributed by atoms with Crippen molar-refractivity contribution in [3.63, 3.8) is 0 Å². The number of fused-ring (bicyclic) bond motifs is 1. The quantitative estimate of drug-likeness (QED) is 0.440. The number of nitrogens with one attached hydrogen (secondary N) is 1. The van der Waals surface area contributed by atoms with E-state index in [-0.39, 0.29) is 31.4 Å². The van der Waals surface area contributed by atoms with E-state index in [1.165, 1.54) is 16.7 Å². The first-order valence-corrected chi connectivity index (χ1v) is 11.8. The molecule has 0 bridgehead atoms. The summed E-state index contributed by atoms with van der Waals surface area (Å²) in [6, 6.07) is 6.85. The number of aliphatic hydroxyl groups is 1. The number of carbonyl (C=O) groups excluding carboxylic acids is 2. The Hall–Kier alpha value is -2.77. The van der Waals surface area contributed by atoms with Crippen molar-refractivity contribution < 1.29 is 45.8 Å². The number of anilines is 1. The molecule has 2 amide bonds. The zero-order chi connectivity index (χ0) is 26.5. The van der Waals surface area contributed by atoms with E-state index in [0.717, 1.165) is 22.6 Å². The molecule has 13 heteroatoms. The topological polar surface area (TPSA) is 78.9 Å². The number of rotatable bonds is 5. The van der Waals surface area contributed by atoms with Gasteiger partial charge in [0, 0.05) is 22.7 Å². The van der Waals surface area contributed by atoms with Gasteiger partial charge in [-0.3, -0.25) is 9.59 Å². The summed E-state index contributed by atoms with van der Waals surface area (Å²) in [5.74, 6) is -1.38. The number of ether oxygens (including phenoxy) is 1. The van der Waals surface area contributed by atoms with E-state index >= 15 is 0 Å². The number of alkyl halides is 6. The average molecular weight is 534 g/mol. The van der Waals surface area contributed by atoms with Crippen molar-refractivity contribution in [1.82, 2.24) is 4.90 Å². The van der Waals surface area contributed by atoms with Crippen LogP contribution in [-0.2, 0) is 26.5 Å². The van der Waals surface area contributed by atoms with Crippen LogP contribution in [0.1, 0.15) is 22.7 Å². The number of thioether (sulfide) groups is 1. The van der Waals surface area contributed by atoms with Crippen molar-refractivity contribution in [3.8, 4) is 0 Å². The lowest BCUT2D eigenvalue weighted by molar-refractivity contribution is -0.376. The van der Waals surface area contributed by atoms with E-state index < -0.39 is 41.4 Å². The average Bonchev–Trinajstić information content (AvgIpc) is 3.15. The van der Waals surface area contributed by atoms with E-state index in [4.69, 9.17) is 4.74 Å². The molecule has 2 heterocycles. The minimum absolute atomic E-state index is 0.107. The van der Waals surface area contributed by atoms with Crippen LogP contribution < -0.4 is 5.32 Å². The van der Waals surface area contributed by atoms with Gasteiger partial charge in [0.15, 0.2) is 0 Å². The maximum Gasteiger partial charge on any atom is 0.430 e. The van der Waals surface area contributed by atoms with Crippen LogP contribution >= 0.6 is 11.8 Å². The lowest BCUT2D eigenvalue weighted by Gasteiger charge is -2.33. The van der Waals surface area contributed by atoms with Gasteiger partial charge in [-0.05, 0) is 41.6 Å². The molecule has 0 spiro atoms. The second-order valence-electron chi connectivity index (χ2n) is 8.44. The molecule has 0 aliphatic carbocycles. The second-order valence-corrected chi connectivity index (χ2v) is 9.32. The highest BCUT2D eigenvalue weighted by Crippen LogP contribution is 2.50. The third-order valence-electron chi connectivity index (χ3n) is 6.21. The SMILES string of the molecule is CSc1ccc2c(c1)CN(C(=O)C1COC1)C2C(=O)Nc1ccc(C(O)(C(F)(F)F)C(F)(F)F)cc1. The molecule has 2 aromatic rings. The Labute approximate surface area is 205 Å². The molecule has 36 heavy (non-hydrogen) atoms. The first-order chi connectivity index (χ1) is 16.8. The summed E-state index contributed by atoms with van der Waals surface area (Å²) in [5.41, 5.74) is -5.30. The van der Waals surface area contributed by atoms with Gasteiger partial charge < -0.3 is 20.1 Å². The zero-order valence-electron chi connectivity index (χ0n) is 18.6. The van der Waals surface area contributed by atoms with E-state index in [1.807, 2.05) is 12.3 Å². The lowest BCUT2D eigenvalue weighted by atomic mass is 9.92. The summed E-state index contributed by atoms with van der Waals surface area (Å²) in [4.78, 5) is 28.5. The zero-order valence-corrected chi connectivity index (χ0v) is 19.4. The van der Waals surface area contributed by atoms with Crippen LogP contribution in [0.4, 0.5) is 32.0 Å². The molecule has 2 aliphatic heterocycles. The molecule has 194 valence electrons. The van der Waals surface area contributed by atoms with E-state index in [2.05, 4.69) is 5.32 Å². The Morgan fingerprint density at radius 3 is 2.14 bits per heavy atom. The fourth-order valence-corrected chi connectivity index (χ4v) is 4.61. The van der Waals surface area contributed by atoms with Crippen LogP contribution in [0.15, 0.2) is 47.4 Å². The van der Waals surface area contributed by atoms with Crippen molar-refractivity contribution in [2.45, 2.75) is 35.4 Å². The maximum atomic E-state index is 13.2. The van der Waals surface area contributed by atoms with E-state index in [9.17, 15) is 41.0 Å². The molecule has 1 saturated heterocycles. The van der Waals surface area contributed by atoms with Gasteiger partial charge in [0.2, 0.25) is 5.91 Å². The smallest absolute Gasteiger partial charge is 0.380 e. The van der Waals surface area contributed by atoms with Crippen LogP contribution in [0.25, 0.3) is 0 Å². The van der Waals surface area contributed by atoms with Crippen LogP contribution in [0.5, 0.6) is 0 Å². The summed E-state index contributed by atoms with van der Waals surface area (Å²) >= 11 is 1.48. The van der Waals surface area contributed by atoms with Gasteiger partial charge in [-0.1, -0.05) is 18.2 Å². The van der Waals surface area contributed by atoms with Crippen LogP contribution in [0.3, 0.4) is 0 Å². The molecule has 6 nitrogen and oxygen atoms in total. The number of hydrogen-bond acceptors (Lipinski definition) is 5. The Morgan fingerprint density at radius 1 is 1.03 bits per heavy atom. The van der Waals surface area contributed by atoms with Crippen molar-refractivity contribution in [2.75, 3.05) is 24.8 Å². The number of hydrogen-bond donors (Lipinski definition) is 2. The molecular weight excluding hydrogens is 514 g/mol. The van der Waals surface area contributed by atoms with Gasteiger partial charge in [-0.15, -0.1) is 11.8 Å². The largest absolute Gasteiger partial charge is 0.430 e. The van der Waals surface area contributed by atoms with Crippen molar-refractivity contribution in [1.29, 1.82) is 0 Å². The standard InChI is InChI=1S/C23H20F6N2O4S/c1-36-16-6-7-17-12(8-16)9-31(20(33)13-10-35-11-13)18(17)19(32)30-15-4-2-14(3-5-15)21(34,22(24,25)26)23(27,28)29/h2-8,13,18,34H,9-11H2,1H3,(H,30,32). The van der Waals surface area contributed by atoms with Crippen LogP contribution in [0.2, 0.25) is 0 Å². The normalized spacial score (nSPS) is 18.6. The minimum atomic E-state index is -6.02. The molecule has 2 aliphatic rings. The third kappa shape index (κ3) is 4.43. The van der Waals surface area contributed by atoms with Gasteiger partial charge >= 0.3 is 12.4 Å². The predicted molar refractivity (Wildman–Crippen MR) is 117 cm³/mol. The fraction of sp³-hybridized carbons (Fsp3) is 0.391. The molecule has 0 radical (unpaired) electrons. The van der Waals surface area contributed by atoms with Gasteiger partial charge in [0.25, 0.3) is 11.5 Å². The van der Waals surface area contributed by atoms with Gasteiger partial charge in [0.1, 0.15) is 6.04 Å². The summed E-state index contributed by atoms with van der Waals surface area (Å²) in [6.07, 6.45) is -10.2. The first kappa shape index (κ1) is 26.3. The molecule has 2 N–H and O–H groups in total. The molecule has 1 atom stereocenters. The molecule has 0 aromatic heterocycles. The molecule has 1 unspecified atom stereocenters. The van der Waals surface area contributed by atoms with E-state index in [0.29, 0.717) is 17.7 Å². The minimum Gasteiger partial charge on any atom is -0.380 e. The molecule has 2 aromatic carbocycles. The highest BCUT2D eigenvalue weighted by Gasteiger charge is 2.71. The first-order valence-electron chi connectivity index (χ1n) is 10.6. The van der Waals surface area contributed by atoms with Gasteiger partial charge in [-0.25, -0.2) is 0 Å². The Bertz CT molecular complexity index is 1150. The predicted octanol–water partition coefficient (Wildman–Crippen LogP) is 4.39. The molecule has 0 saturated carbocycles. The summed E-state index contributed by atoms with van der Waals surface area (Å²) in [5, 5.41) is 12.0. The van der Waals surface area contributed by atoms with Crippen molar-refractivity contribution in [3.05, 3.63) is 59.2 Å². The Balaban J connectivity index is 1.61. The fourth-order valence-electron chi connectivity index (χ4n) is 4.15. The van der Waals surface area contributed by atoms with Crippen LogP contribution in [0, 0.1) is 5.92 Å². The Morgan fingerprint density at radius 2 is 1.64 bits per heavy atom. The van der Waals surface area contributed by atoms with Gasteiger partial charge in [0.05, 0.1) is 19.1 Å². The highest BCUT2D eigenvalue weighted by molar-refractivity contribution is 7.98. The summed E-state index contributed by atoms with van der Waals surface area (Å²) < 4.78 is 83.8. The third-order valence-corrected chi connectivity index (χ3v) is 6.93. The van der Waals surface area contributed by atoms with Crippen molar-refractivity contribution in [2.24, 2.45) is 5.92 Å². The maximum absolute atomic E-state index is 13.2. The van der Waals surface area contributed by atoms with Gasteiger partial charge in [-0.2, -0.15) is 26.3 Å². The van der Waals surface area contributed by atoms with Crippen LogP contribution in [-0.4, -0.2) is 53.6 Å². The molecule has 1 fully saturated rings. The van der Waals surface area contributed by atoms with Crippen molar-refractivity contribution >= 4 is 29.3 Å². The summed E-state index contributed by atoms with van der Waals surface area (Å²) in [7, 11) is 0. The number of carbonyl (C=O) groups is 2. The number of amides is 2. The number of halogens is 6. The molecular formula is C23H20F6N2O4S. The highest BCUT2D eigenvalue weighted by atomic mass is 32.2.